The van der Waals surface area contributed by atoms with Crippen molar-refractivity contribution in [2.75, 3.05) is 31.5 Å². The van der Waals surface area contributed by atoms with Gasteiger partial charge in [-0.3, -0.25) is 9.59 Å². The number of carbonyl (C=O) groups excluding carboxylic acids is 2. The van der Waals surface area contributed by atoms with E-state index in [1.807, 2.05) is 50.2 Å². The van der Waals surface area contributed by atoms with Crippen molar-refractivity contribution in [1.29, 1.82) is 0 Å². The molecular formula is C26H37BrN4O4S. The summed E-state index contributed by atoms with van der Waals surface area (Å²) < 4.78 is 29.7. The third-order valence-electron chi connectivity index (χ3n) is 5.92. The first-order valence-electron chi connectivity index (χ1n) is 12.0. The van der Waals surface area contributed by atoms with Crippen LogP contribution in [0.1, 0.15) is 43.4 Å². The third kappa shape index (κ3) is 7.78. The maximum atomic E-state index is 13.8. The Morgan fingerprint density at radius 3 is 2.28 bits per heavy atom. The van der Waals surface area contributed by atoms with Crippen molar-refractivity contribution < 1.29 is 18.0 Å². The number of nitrogens with one attached hydrogen (secondary N) is 1. The Hall–Kier alpha value is -2.43. The van der Waals surface area contributed by atoms with Crippen LogP contribution in [0.15, 0.2) is 46.9 Å². The van der Waals surface area contributed by atoms with Gasteiger partial charge in [0.2, 0.25) is 11.8 Å². The van der Waals surface area contributed by atoms with Crippen LogP contribution in [0.5, 0.6) is 0 Å². The lowest BCUT2D eigenvalue weighted by molar-refractivity contribution is -0.139. The zero-order valence-electron chi connectivity index (χ0n) is 21.9. The molecule has 0 spiro atoms. The first-order chi connectivity index (χ1) is 16.9. The predicted molar refractivity (Wildman–Crippen MR) is 148 cm³/mol. The first kappa shape index (κ1) is 29.8. The molecule has 0 aromatic heterocycles. The van der Waals surface area contributed by atoms with Crippen LogP contribution in [0.2, 0.25) is 0 Å². The van der Waals surface area contributed by atoms with E-state index < -0.39 is 28.7 Å². The number of nitrogens with zero attached hydrogens (tertiary/aromatic N) is 3. The molecule has 0 fully saturated rings. The van der Waals surface area contributed by atoms with E-state index in [1.54, 1.807) is 19.9 Å². The van der Waals surface area contributed by atoms with Crippen LogP contribution < -0.4 is 9.62 Å². The highest BCUT2D eigenvalue weighted by molar-refractivity contribution is 9.10. The SMILES string of the molecule is CCCCNC(=O)[C@@H](C)N(Cc1ccc(Br)cc1)C(=O)CN(c1cc(C)ccc1C)S(=O)(=O)N(C)C. The number of carbonyl (C=O) groups is 2. The smallest absolute Gasteiger partial charge is 0.304 e. The van der Waals surface area contributed by atoms with Gasteiger partial charge >= 0.3 is 10.2 Å². The highest BCUT2D eigenvalue weighted by atomic mass is 79.9. The molecule has 0 aliphatic carbocycles. The van der Waals surface area contributed by atoms with E-state index in [0.29, 0.717) is 12.2 Å². The van der Waals surface area contributed by atoms with Crippen molar-refractivity contribution in [3.8, 4) is 0 Å². The normalized spacial score (nSPS) is 12.3. The maximum Gasteiger partial charge on any atom is 0.304 e. The van der Waals surface area contributed by atoms with Crippen LogP contribution in [0.25, 0.3) is 0 Å². The summed E-state index contributed by atoms with van der Waals surface area (Å²) in [5, 5.41) is 2.88. The molecule has 0 aliphatic heterocycles. The van der Waals surface area contributed by atoms with Crippen LogP contribution in [-0.2, 0) is 26.3 Å². The molecule has 0 aliphatic rings. The van der Waals surface area contributed by atoms with Crippen molar-refractivity contribution in [2.45, 2.75) is 53.1 Å². The fourth-order valence-electron chi connectivity index (χ4n) is 3.60. The quantitative estimate of drug-likeness (QED) is 0.384. The first-order valence-corrected chi connectivity index (χ1v) is 14.2. The average Bonchev–Trinajstić information content (AvgIpc) is 2.83. The minimum Gasteiger partial charge on any atom is -0.354 e. The Morgan fingerprint density at radius 1 is 1.06 bits per heavy atom. The van der Waals surface area contributed by atoms with Crippen molar-refractivity contribution in [2.24, 2.45) is 0 Å². The van der Waals surface area contributed by atoms with Crippen LogP contribution in [0.3, 0.4) is 0 Å². The zero-order chi connectivity index (χ0) is 27.0. The van der Waals surface area contributed by atoms with Crippen LogP contribution in [0.4, 0.5) is 5.69 Å². The molecule has 0 unspecified atom stereocenters. The van der Waals surface area contributed by atoms with Gasteiger partial charge in [0.05, 0.1) is 5.69 Å². The molecule has 1 N–H and O–H groups in total. The summed E-state index contributed by atoms with van der Waals surface area (Å²) in [4.78, 5) is 28.1. The third-order valence-corrected chi connectivity index (χ3v) is 8.25. The molecule has 0 saturated heterocycles. The molecule has 10 heteroatoms. The van der Waals surface area contributed by atoms with E-state index in [4.69, 9.17) is 0 Å². The lowest BCUT2D eigenvalue weighted by atomic mass is 10.1. The average molecular weight is 582 g/mol. The second-order valence-electron chi connectivity index (χ2n) is 9.06. The van der Waals surface area contributed by atoms with Gasteiger partial charge in [-0.05, 0) is 62.1 Å². The van der Waals surface area contributed by atoms with Gasteiger partial charge in [0, 0.05) is 31.7 Å². The number of aryl methyl sites for hydroxylation is 2. The topological polar surface area (TPSA) is 90.0 Å². The van der Waals surface area contributed by atoms with Crippen LogP contribution in [-0.4, -0.2) is 62.7 Å². The molecule has 0 radical (unpaired) electrons. The molecular weight excluding hydrogens is 544 g/mol. The fraction of sp³-hybridized carbons (Fsp3) is 0.462. The number of rotatable bonds is 12. The van der Waals surface area contributed by atoms with Crippen molar-refractivity contribution >= 4 is 43.6 Å². The fourth-order valence-corrected chi connectivity index (χ4v) is 4.97. The van der Waals surface area contributed by atoms with E-state index >= 15 is 0 Å². The highest BCUT2D eigenvalue weighted by Crippen LogP contribution is 2.26. The summed E-state index contributed by atoms with van der Waals surface area (Å²) in [6.07, 6.45) is 1.77. The number of amides is 2. The van der Waals surface area contributed by atoms with Crippen molar-refractivity contribution in [1.82, 2.24) is 14.5 Å². The van der Waals surface area contributed by atoms with Crippen molar-refractivity contribution in [3.63, 3.8) is 0 Å². The molecule has 2 aromatic rings. The van der Waals surface area contributed by atoms with Gasteiger partial charge in [-0.1, -0.05) is 53.5 Å². The Balaban J connectivity index is 2.46. The second kappa shape index (κ2) is 13.2. The van der Waals surface area contributed by atoms with Gasteiger partial charge in [-0.2, -0.15) is 12.7 Å². The van der Waals surface area contributed by atoms with Crippen LogP contribution in [0, 0.1) is 13.8 Å². The Labute approximate surface area is 224 Å². The summed E-state index contributed by atoms with van der Waals surface area (Å²) in [5.41, 5.74) is 2.86. The van der Waals surface area contributed by atoms with Gasteiger partial charge in [0.25, 0.3) is 0 Å². The summed E-state index contributed by atoms with van der Waals surface area (Å²) in [7, 11) is -1.13. The molecule has 2 rings (SSSR count). The van der Waals surface area contributed by atoms with Gasteiger partial charge in [-0.25, -0.2) is 4.31 Å². The van der Waals surface area contributed by atoms with E-state index in [1.165, 1.54) is 19.0 Å². The maximum absolute atomic E-state index is 13.8. The van der Waals surface area contributed by atoms with E-state index in [9.17, 15) is 18.0 Å². The van der Waals surface area contributed by atoms with E-state index in [2.05, 4.69) is 21.2 Å². The lowest BCUT2D eigenvalue weighted by Gasteiger charge is -2.33. The minimum absolute atomic E-state index is 0.164. The second-order valence-corrected chi connectivity index (χ2v) is 12.0. The summed E-state index contributed by atoms with van der Waals surface area (Å²) in [6, 6.07) is 12.1. The molecule has 0 bridgehead atoms. The number of hydrogen-bond donors (Lipinski definition) is 1. The Kier molecular flexibility index (Phi) is 10.9. The minimum atomic E-state index is -3.99. The Bertz CT molecular complexity index is 1150. The zero-order valence-corrected chi connectivity index (χ0v) is 24.3. The standard InChI is InChI=1S/C26H37BrN4O4S/c1-7-8-15-28-26(33)21(4)30(17-22-11-13-23(27)14-12-22)25(32)18-31(36(34,35)29(5)6)24-16-19(2)9-10-20(24)3/h9-14,16,21H,7-8,15,17-18H2,1-6H3,(H,28,33)/t21-/m1/s1. The molecule has 0 saturated carbocycles. The molecule has 1 atom stereocenters. The number of benzene rings is 2. The molecule has 36 heavy (non-hydrogen) atoms. The summed E-state index contributed by atoms with van der Waals surface area (Å²) in [6.45, 7) is 7.62. The molecule has 2 aromatic carbocycles. The Morgan fingerprint density at radius 2 is 1.69 bits per heavy atom. The molecule has 2 amide bonds. The lowest BCUT2D eigenvalue weighted by Crippen LogP contribution is -2.52. The molecule has 198 valence electrons. The number of halogens is 1. The van der Waals surface area contributed by atoms with Gasteiger partial charge in [0.15, 0.2) is 0 Å². The number of unbranched alkanes of at least 4 members (excludes halogenated alkanes) is 1. The van der Waals surface area contributed by atoms with Gasteiger partial charge in [0.1, 0.15) is 12.6 Å². The van der Waals surface area contributed by atoms with Crippen LogP contribution >= 0.6 is 15.9 Å². The molecule has 0 heterocycles. The van der Waals surface area contributed by atoms with E-state index in [-0.39, 0.29) is 12.5 Å². The van der Waals surface area contributed by atoms with Gasteiger partial charge in [-0.15, -0.1) is 0 Å². The number of hydrogen-bond acceptors (Lipinski definition) is 4. The van der Waals surface area contributed by atoms with Crippen molar-refractivity contribution in [3.05, 3.63) is 63.6 Å². The highest BCUT2D eigenvalue weighted by Gasteiger charge is 2.33. The van der Waals surface area contributed by atoms with Gasteiger partial charge < -0.3 is 10.2 Å². The van der Waals surface area contributed by atoms with E-state index in [0.717, 1.165) is 42.6 Å². The monoisotopic (exact) mass is 580 g/mol. The predicted octanol–water partition coefficient (Wildman–Crippen LogP) is 4.01. The number of anilines is 1. The summed E-state index contributed by atoms with van der Waals surface area (Å²) in [5.74, 6) is -0.745. The molecule has 8 nitrogen and oxygen atoms in total. The summed E-state index contributed by atoms with van der Waals surface area (Å²) >= 11 is 3.41. The largest absolute Gasteiger partial charge is 0.354 e.